The van der Waals surface area contributed by atoms with Crippen LogP contribution >= 0.6 is 21.6 Å². The van der Waals surface area contributed by atoms with Gasteiger partial charge in [-0.3, -0.25) is 33.6 Å². The van der Waals surface area contributed by atoms with Gasteiger partial charge in [-0.15, -0.1) is 0 Å². The van der Waals surface area contributed by atoms with Crippen LogP contribution in [0.2, 0.25) is 0 Å². The topological polar surface area (TPSA) is 385 Å². The van der Waals surface area contributed by atoms with Gasteiger partial charge in [0.05, 0.1) is 24.3 Å². The summed E-state index contributed by atoms with van der Waals surface area (Å²) in [6.45, 7) is 4.37. The number of aliphatic hydroxyl groups is 3. The van der Waals surface area contributed by atoms with Crippen molar-refractivity contribution in [2.45, 2.75) is 139 Å². The molecular formula is C55H74N10O14S2. The molecule has 1 aliphatic rings. The first-order valence-corrected chi connectivity index (χ1v) is 29.0. The van der Waals surface area contributed by atoms with Gasteiger partial charge in [0.1, 0.15) is 49.0 Å². The number of nitrogens with one attached hydrogen (secondary N) is 8. The summed E-state index contributed by atoms with van der Waals surface area (Å²) in [5, 5.41) is 50.7. The number of esters is 2. The van der Waals surface area contributed by atoms with Gasteiger partial charge in [-0.1, -0.05) is 100 Å². The van der Waals surface area contributed by atoms with Crippen molar-refractivity contribution >= 4 is 85.8 Å². The third kappa shape index (κ3) is 20.5. The van der Waals surface area contributed by atoms with Gasteiger partial charge in [0.25, 0.3) is 0 Å². The number of aromatic nitrogens is 1. The van der Waals surface area contributed by atoms with Crippen LogP contribution in [-0.2, 0) is 71.9 Å². The van der Waals surface area contributed by atoms with E-state index in [-0.39, 0.29) is 43.7 Å². The van der Waals surface area contributed by atoms with Crippen molar-refractivity contribution in [3.8, 4) is 0 Å². The molecule has 440 valence electrons. The summed E-state index contributed by atoms with van der Waals surface area (Å²) in [6, 6.07) is 13.6. The number of nitrogens with two attached hydrogens (primary N) is 2. The largest absolute Gasteiger partial charge is 0.461 e. The van der Waals surface area contributed by atoms with E-state index in [0.29, 0.717) is 24.0 Å². The van der Waals surface area contributed by atoms with E-state index in [1.54, 1.807) is 72.9 Å². The predicted octanol–water partition coefficient (Wildman–Crippen LogP) is -0.942. The van der Waals surface area contributed by atoms with Crippen LogP contribution in [0.4, 0.5) is 0 Å². The number of carbonyl (C=O) groups excluding carboxylic acids is 9. The fraction of sp³-hybridized carbons (Fsp3) is 0.473. The minimum atomic E-state index is -1.76. The van der Waals surface area contributed by atoms with Gasteiger partial charge in [0, 0.05) is 41.4 Å². The average Bonchev–Trinajstić information content (AvgIpc) is 4.06. The van der Waals surface area contributed by atoms with E-state index in [2.05, 4.69) is 42.2 Å². The highest BCUT2D eigenvalue weighted by atomic mass is 33.1. The first-order valence-electron chi connectivity index (χ1n) is 26.5. The van der Waals surface area contributed by atoms with Gasteiger partial charge < -0.3 is 78.5 Å². The highest BCUT2D eigenvalue weighted by molar-refractivity contribution is 8.76. The summed E-state index contributed by atoms with van der Waals surface area (Å²) < 4.78 is 10.1. The van der Waals surface area contributed by atoms with Crippen LogP contribution in [0.1, 0.15) is 63.6 Å². The lowest BCUT2D eigenvalue weighted by Crippen LogP contribution is -2.62. The molecule has 1 fully saturated rings. The lowest BCUT2D eigenvalue weighted by atomic mass is 10.0. The first kappa shape index (κ1) is 64.7. The minimum Gasteiger partial charge on any atom is -0.461 e. The van der Waals surface area contributed by atoms with Crippen molar-refractivity contribution in [2.75, 3.05) is 24.7 Å². The second kappa shape index (κ2) is 32.4. The molecule has 0 bridgehead atoms. The second-order valence-electron chi connectivity index (χ2n) is 19.7. The molecule has 0 spiro atoms. The average molecular weight is 1160 g/mol. The Kier molecular flexibility index (Phi) is 25.9. The maximum atomic E-state index is 14.8. The van der Waals surface area contributed by atoms with Gasteiger partial charge in [-0.2, -0.15) is 0 Å². The van der Waals surface area contributed by atoms with Crippen LogP contribution in [-0.4, -0.2) is 171 Å². The molecule has 5 rings (SSSR count). The molecule has 4 aromatic rings. The van der Waals surface area contributed by atoms with Crippen molar-refractivity contribution in [1.82, 2.24) is 42.2 Å². The molecule has 24 nitrogen and oxygen atoms in total. The zero-order chi connectivity index (χ0) is 59.2. The standard InChI is InChI=1S/C55H74N10O14S2/c1-30(66)43(27-78-55(77)33(4)79-54(76)32(3)68)62-52(74)45-29-81-80-28-44(63-47(69)38(57)23-34-15-7-5-8-16-34)51(73)60-41(24-35-17-9-6-10-18-35)49(71)61-42(25-36-26-58-39-20-12-11-19-37(36)39)50(72)59-40(21-13-14-22-56)48(70)65-46(31(2)67)53(75)64-45/h5-12,15-20,26,30-33,38,40-46,58,66-68H,13-14,21-25,27-29,56-57H2,1-4H3,(H,59,72)(H,60,73)(H,61,71)(H,62,74)(H,63,69)(H,64,75)(H,65,70)/t30-,31+,32-,33-,38-,40+,41+,42-,43-,44+,45+,46+/m1/s1. The van der Waals surface area contributed by atoms with Crippen LogP contribution in [0, 0.1) is 0 Å². The van der Waals surface area contributed by atoms with Crippen molar-refractivity contribution < 1.29 is 67.9 Å². The monoisotopic (exact) mass is 1160 g/mol. The Morgan fingerprint density at radius 1 is 0.691 bits per heavy atom. The summed E-state index contributed by atoms with van der Waals surface area (Å²) in [5.41, 5.74) is 14.9. The van der Waals surface area contributed by atoms with Gasteiger partial charge in [-0.05, 0) is 82.7 Å². The van der Waals surface area contributed by atoms with Gasteiger partial charge in [-0.25, -0.2) is 9.59 Å². The number of fused-ring (bicyclic) bond motifs is 1. The number of benzene rings is 3. The van der Waals surface area contributed by atoms with E-state index in [9.17, 15) is 58.5 Å². The van der Waals surface area contributed by atoms with E-state index in [1.807, 2.05) is 18.2 Å². The van der Waals surface area contributed by atoms with Crippen molar-refractivity contribution in [3.05, 3.63) is 108 Å². The Bertz CT molecular complexity index is 2750. The molecule has 0 saturated carbocycles. The summed E-state index contributed by atoms with van der Waals surface area (Å²) in [5.74, 6) is -8.81. The van der Waals surface area contributed by atoms with Crippen LogP contribution in [0.25, 0.3) is 10.9 Å². The number of hydrogen-bond donors (Lipinski definition) is 13. The molecule has 1 aromatic heterocycles. The molecule has 0 unspecified atom stereocenters. The Labute approximate surface area is 476 Å². The number of rotatable bonds is 21. The van der Waals surface area contributed by atoms with Crippen LogP contribution in [0.3, 0.4) is 0 Å². The summed E-state index contributed by atoms with van der Waals surface area (Å²) in [7, 11) is 1.93. The maximum absolute atomic E-state index is 14.8. The fourth-order valence-corrected chi connectivity index (χ4v) is 10.6. The number of amides is 7. The molecule has 15 N–H and O–H groups in total. The van der Waals surface area contributed by atoms with E-state index >= 15 is 0 Å². The highest BCUT2D eigenvalue weighted by Gasteiger charge is 2.37. The third-order valence-electron chi connectivity index (χ3n) is 13.0. The molecule has 3 aromatic carbocycles. The molecule has 81 heavy (non-hydrogen) atoms. The number of aromatic amines is 1. The summed E-state index contributed by atoms with van der Waals surface area (Å²) in [6.07, 6.45) is -3.75. The molecule has 1 saturated heterocycles. The Morgan fingerprint density at radius 2 is 1.28 bits per heavy atom. The molecule has 7 amide bonds. The van der Waals surface area contributed by atoms with Gasteiger partial charge in [0.2, 0.25) is 41.4 Å². The quantitative estimate of drug-likeness (QED) is 0.0272. The van der Waals surface area contributed by atoms with Crippen LogP contribution in [0.5, 0.6) is 0 Å². The van der Waals surface area contributed by atoms with E-state index < -0.39 is 133 Å². The Morgan fingerprint density at radius 3 is 1.93 bits per heavy atom. The number of ether oxygens (including phenoxy) is 2. The lowest BCUT2D eigenvalue weighted by Gasteiger charge is -2.29. The van der Waals surface area contributed by atoms with Crippen LogP contribution < -0.4 is 48.7 Å². The molecule has 2 heterocycles. The summed E-state index contributed by atoms with van der Waals surface area (Å²) >= 11 is 0. The number of aliphatic hydroxyl groups excluding tert-OH is 3. The van der Waals surface area contributed by atoms with Crippen LogP contribution in [0.15, 0.2) is 91.1 Å². The smallest absolute Gasteiger partial charge is 0.347 e. The number of H-pyrrole nitrogens is 1. The highest BCUT2D eigenvalue weighted by Crippen LogP contribution is 2.25. The first-order chi connectivity index (χ1) is 38.6. The normalized spacial score (nSPS) is 22.1. The van der Waals surface area contributed by atoms with E-state index in [0.717, 1.165) is 45.0 Å². The maximum Gasteiger partial charge on any atom is 0.347 e. The van der Waals surface area contributed by atoms with E-state index in [1.165, 1.54) is 20.8 Å². The molecule has 1 aliphatic heterocycles. The predicted molar refractivity (Wildman–Crippen MR) is 303 cm³/mol. The lowest BCUT2D eigenvalue weighted by molar-refractivity contribution is -0.172. The van der Waals surface area contributed by atoms with Crippen molar-refractivity contribution in [1.29, 1.82) is 0 Å². The SMILES string of the molecule is C[C@H](O)[C@@H]1NC(=O)[C@H](CCCCN)NC(=O)[C@@H](Cc2c[nH]c3ccccc23)NC(=O)[C@H](Cc2ccccc2)NC(=O)[C@@H](NC(=O)[C@H](N)Cc2ccccc2)CSSC[C@@H](C(=O)N[C@H](COC(=O)[C@@H](C)OC(=O)[C@@H](C)O)[C@@H](C)O)NC1=O. The zero-order valence-corrected chi connectivity index (χ0v) is 47.1. The van der Waals surface area contributed by atoms with Gasteiger partial charge >= 0.3 is 11.9 Å². The third-order valence-corrected chi connectivity index (χ3v) is 15.4. The molecule has 12 atom stereocenters. The molecule has 0 radical (unpaired) electrons. The number of unbranched alkanes of at least 4 members (excludes halogenated alkanes) is 1. The van der Waals surface area contributed by atoms with E-state index in [4.69, 9.17) is 20.9 Å². The Hall–Kier alpha value is -7.07. The number of carbonyl (C=O) groups is 9. The zero-order valence-electron chi connectivity index (χ0n) is 45.5. The minimum absolute atomic E-state index is 0.0164. The molecular weight excluding hydrogens is 1090 g/mol. The summed E-state index contributed by atoms with van der Waals surface area (Å²) in [4.78, 5) is 129. The molecule has 0 aliphatic carbocycles. The van der Waals surface area contributed by atoms with Gasteiger partial charge in [0.15, 0.2) is 6.10 Å². The second-order valence-corrected chi connectivity index (χ2v) is 22.2. The van der Waals surface area contributed by atoms with Crippen molar-refractivity contribution in [3.63, 3.8) is 0 Å². The molecule has 26 heteroatoms. The van der Waals surface area contributed by atoms with Crippen molar-refractivity contribution in [2.24, 2.45) is 11.5 Å². The number of para-hydroxylation sites is 1. The Balaban J connectivity index is 1.54. The number of hydrogen-bond acceptors (Lipinski definition) is 18. The fourth-order valence-electron chi connectivity index (χ4n) is 8.32.